The number of hydrogen-bond donors (Lipinski definition) is 0. The largest absolute Gasteiger partial charge is 0.334 e. The van der Waals surface area contributed by atoms with Crippen molar-refractivity contribution in [3.05, 3.63) is 47.8 Å². The molecule has 0 aromatic heterocycles. The highest BCUT2D eigenvalue weighted by molar-refractivity contribution is 5.94. The zero-order chi connectivity index (χ0) is 15.0. The molecule has 0 aliphatic carbocycles. The number of aryl methyl sites for hydroxylation is 1. The SMILES string of the molecule is C=CCN1CC[C@@H]2[C@@H]1CCN2C(=O)c1ccc(C)c(F)c1. The molecule has 0 N–H and O–H groups in total. The Morgan fingerprint density at radius 3 is 2.86 bits per heavy atom. The summed E-state index contributed by atoms with van der Waals surface area (Å²) in [5.74, 6) is -0.349. The molecule has 2 heterocycles. The van der Waals surface area contributed by atoms with Crippen LogP contribution in [0.25, 0.3) is 0 Å². The summed E-state index contributed by atoms with van der Waals surface area (Å²) in [6, 6.07) is 5.46. The first-order valence-corrected chi connectivity index (χ1v) is 7.54. The van der Waals surface area contributed by atoms with E-state index in [4.69, 9.17) is 0 Å². The fourth-order valence-electron chi connectivity index (χ4n) is 3.61. The number of fused-ring (bicyclic) bond motifs is 1. The zero-order valence-electron chi connectivity index (χ0n) is 12.4. The Morgan fingerprint density at radius 1 is 1.38 bits per heavy atom. The van der Waals surface area contributed by atoms with Crippen LogP contribution in [-0.2, 0) is 0 Å². The first-order chi connectivity index (χ1) is 10.1. The Kier molecular flexibility index (Phi) is 3.81. The Hall–Kier alpha value is -1.68. The van der Waals surface area contributed by atoms with Gasteiger partial charge in [-0.15, -0.1) is 6.58 Å². The highest BCUT2D eigenvalue weighted by Crippen LogP contribution is 2.32. The molecule has 1 aromatic carbocycles. The Morgan fingerprint density at radius 2 is 2.14 bits per heavy atom. The van der Waals surface area contributed by atoms with Gasteiger partial charge in [-0.2, -0.15) is 0 Å². The summed E-state index contributed by atoms with van der Waals surface area (Å²) in [6.07, 6.45) is 3.92. The molecule has 3 rings (SSSR count). The quantitative estimate of drug-likeness (QED) is 0.798. The lowest BCUT2D eigenvalue weighted by molar-refractivity contribution is 0.0732. The van der Waals surface area contributed by atoms with E-state index in [1.165, 1.54) is 6.07 Å². The molecule has 0 unspecified atom stereocenters. The number of amides is 1. The summed E-state index contributed by atoms with van der Waals surface area (Å²) in [6.45, 7) is 8.15. The summed E-state index contributed by atoms with van der Waals surface area (Å²) in [5.41, 5.74) is 1.03. The van der Waals surface area contributed by atoms with Crippen LogP contribution in [-0.4, -0.2) is 47.4 Å². The van der Waals surface area contributed by atoms with Gasteiger partial charge in [-0.25, -0.2) is 4.39 Å². The fourth-order valence-corrected chi connectivity index (χ4v) is 3.61. The lowest BCUT2D eigenvalue weighted by atomic mass is 10.1. The molecule has 0 spiro atoms. The van der Waals surface area contributed by atoms with Gasteiger partial charge in [-0.05, 0) is 37.5 Å². The minimum atomic E-state index is -0.309. The molecule has 112 valence electrons. The molecule has 2 saturated heterocycles. The smallest absolute Gasteiger partial charge is 0.254 e. The number of carbonyl (C=O) groups is 1. The van der Waals surface area contributed by atoms with E-state index in [0.29, 0.717) is 17.2 Å². The third-order valence-corrected chi connectivity index (χ3v) is 4.73. The zero-order valence-corrected chi connectivity index (χ0v) is 12.4. The molecule has 4 heteroatoms. The lowest BCUT2D eigenvalue weighted by Gasteiger charge is -2.25. The van der Waals surface area contributed by atoms with Crippen LogP contribution in [0.15, 0.2) is 30.9 Å². The van der Waals surface area contributed by atoms with Crippen molar-refractivity contribution < 1.29 is 9.18 Å². The first-order valence-electron chi connectivity index (χ1n) is 7.54. The molecule has 0 saturated carbocycles. The van der Waals surface area contributed by atoms with Gasteiger partial charge in [0, 0.05) is 37.3 Å². The van der Waals surface area contributed by atoms with Crippen LogP contribution in [0, 0.1) is 12.7 Å². The maximum absolute atomic E-state index is 13.7. The van der Waals surface area contributed by atoms with Gasteiger partial charge in [0.05, 0.1) is 0 Å². The summed E-state index contributed by atoms with van der Waals surface area (Å²) in [5, 5.41) is 0. The van der Waals surface area contributed by atoms with Gasteiger partial charge in [-0.3, -0.25) is 9.69 Å². The van der Waals surface area contributed by atoms with Crippen molar-refractivity contribution in [1.29, 1.82) is 0 Å². The van der Waals surface area contributed by atoms with Crippen molar-refractivity contribution in [2.24, 2.45) is 0 Å². The maximum atomic E-state index is 13.7. The molecule has 0 bridgehead atoms. The minimum Gasteiger partial charge on any atom is -0.334 e. The van der Waals surface area contributed by atoms with Gasteiger partial charge >= 0.3 is 0 Å². The van der Waals surface area contributed by atoms with E-state index in [2.05, 4.69) is 11.5 Å². The lowest BCUT2D eigenvalue weighted by Crippen LogP contribution is -2.39. The van der Waals surface area contributed by atoms with Crippen LogP contribution in [0.2, 0.25) is 0 Å². The molecule has 1 aromatic rings. The fraction of sp³-hybridized carbons (Fsp3) is 0.471. The third-order valence-electron chi connectivity index (χ3n) is 4.73. The monoisotopic (exact) mass is 288 g/mol. The van der Waals surface area contributed by atoms with E-state index in [1.54, 1.807) is 19.1 Å². The van der Waals surface area contributed by atoms with E-state index in [9.17, 15) is 9.18 Å². The maximum Gasteiger partial charge on any atom is 0.254 e. The molecular formula is C17H21FN2O. The number of hydrogen-bond acceptors (Lipinski definition) is 2. The predicted molar refractivity (Wildman–Crippen MR) is 80.8 cm³/mol. The highest BCUT2D eigenvalue weighted by Gasteiger charge is 2.43. The number of benzene rings is 1. The average Bonchev–Trinajstić information content (AvgIpc) is 3.04. The molecule has 2 aliphatic heterocycles. The van der Waals surface area contributed by atoms with Gasteiger partial charge < -0.3 is 4.90 Å². The minimum absolute atomic E-state index is 0.0400. The van der Waals surface area contributed by atoms with E-state index < -0.39 is 0 Å². The molecule has 0 radical (unpaired) electrons. The van der Waals surface area contributed by atoms with Crippen molar-refractivity contribution in [1.82, 2.24) is 9.80 Å². The van der Waals surface area contributed by atoms with Crippen molar-refractivity contribution in [2.45, 2.75) is 31.8 Å². The summed E-state index contributed by atoms with van der Waals surface area (Å²) in [7, 11) is 0. The molecule has 3 nitrogen and oxygen atoms in total. The van der Waals surface area contributed by atoms with Crippen LogP contribution in [0.1, 0.15) is 28.8 Å². The Bertz CT molecular complexity index is 572. The van der Waals surface area contributed by atoms with E-state index in [1.807, 2.05) is 11.0 Å². The van der Waals surface area contributed by atoms with Crippen molar-refractivity contribution >= 4 is 5.91 Å². The van der Waals surface area contributed by atoms with Crippen molar-refractivity contribution in [2.75, 3.05) is 19.6 Å². The normalized spacial score (nSPS) is 25.1. The van der Waals surface area contributed by atoms with Gasteiger partial charge in [0.1, 0.15) is 5.82 Å². The van der Waals surface area contributed by atoms with E-state index in [-0.39, 0.29) is 17.8 Å². The predicted octanol–water partition coefficient (Wildman–Crippen LogP) is 2.61. The summed E-state index contributed by atoms with van der Waals surface area (Å²) >= 11 is 0. The summed E-state index contributed by atoms with van der Waals surface area (Å²) < 4.78 is 13.7. The average molecular weight is 288 g/mol. The number of carbonyl (C=O) groups excluding carboxylic acids is 1. The summed E-state index contributed by atoms with van der Waals surface area (Å²) in [4.78, 5) is 17.0. The van der Waals surface area contributed by atoms with Crippen LogP contribution < -0.4 is 0 Å². The van der Waals surface area contributed by atoms with Crippen LogP contribution in [0.3, 0.4) is 0 Å². The van der Waals surface area contributed by atoms with Crippen LogP contribution in [0.4, 0.5) is 4.39 Å². The number of rotatable bonds is 3. The van der Waals surface area contributed by atoms with Gasteiger partial charge in [-0.1, -0.05) is 12.1 Å². The molecule has 2 atom stereocenters. The second kappa shape index (κ2) is 5.60. The number of nitrogens with zero attached hydrogens (tertiary/aromatic N) is 2. The van der Waals surface area contributed by atoms with Crippen molar-refractivity contribution in [3.63, 3.8) is 0 Å². The van der Waals surface area contributed by atoms with E-state index in [0.717, 1.165) is 32.5 Å². The van der Waals surface area contributed by atoms with Gasteiger partial charge in [0.25, 0.3) is 5.91 Å². The molecule has 2 fully saturated rings. The topological polar surface area (TPSA) is 23.6 Å². The second-order valence-corrected chi connectivity index (χ2v) is 5.96. The second-order valence-electron chi connectivity index (χ2n) is 5.96. The molecule has 1 amide bonds. The van der Waals surface area contributed by atoms with Gasteiger partial charge in [0.2, 0.25) is 0 Å². The standard InChI is InChI=1S/C17H21FN2O/c1-3-8-19-9-6-16-15(19)7-10-20(16)17(21)13-5-4-12(2)14(18)11-13/h3-5,11,15-16H,1,6-10H2,2H3/t15-,16+/m0/s1. The molecule has 21 heavy (non-hydrogen) atoms. The number of likely N-dealkylation sites (tertiary alicyclic amines) is 2. The molecular weight excluding hydrogens is 267 g/mol. The van der Waals surface area contributed by atoms with Gasteiger partial charge in [0.15, 0.2) is 0 Å². The Balaban J connectivity index is 1.77. The highest BCUT2D eigenvalue weighted by atomic mass is 19.1. The van der Waals surface area contributed by atoms with E-state index >= 15 is 0 Å². The number of halogens is 1. The van der Waals surface area contributed by atoms with Crippen LogP contribution in [0.5, 0.6) is 0 Å². The third kappa shape index (κ3) is 2.48. The Labute approximate surface area is 125 Å². The molecule has 2 aliphatic rings. The van der Waals surface area contributed by atoms with Crippen LogP contribution >= 0.6 is 0 Å². The first kappa shape index (κ1) is 14.3. The van der Waals surface area contributed by atoms with Crippen molar-refractivity contribution in [3.8, 4) is 0 Å².